The monoisotopic (exact) mass is 834 g/mol. The Bertz CT molecular complexity index is 2240. The average molecular weight is 835 g/mol. The zero-order chi connectivity index (χ0) is 43.5. The molecule has 0 aliphatic rings. The van der Waals surface area contributed by atoms with Crippen molar-refractivity contribution in [1.29, 1.82) is 10.5 Å². The molecule has 0 spiro atoms. The van der Waals surface area contributed by atoms with Crippen LogP contribution in [0, 0.1) is 35.8 Å². The Hall–Kier alpha value is -6.39. The molecular formula is C48H50N4O6Si2. The number of nitrogens with zero attached hydrogens (tertiary/aromatic N) is 4. The minimum Gasteiger partial charge on any atom is -0.520 e. The highest BCUT2D eigenvalue weighted by atomic mass is 28.4. The SMILES string of the molecule is [C-]#[N+]c1ccc(Oc2ccc(CO[Si](Oc3cccc(O[Si](OCc4ccc(Oc5ccc(C#N)c(C#N)c5)cc4)(C(C)C)C(C)C)c3)(C(C)C)C(C)C)cc2)cc1[N+]#[C-]. The second-order valence-electron chi connectivity index (χ2n) is 15.6. The number of ether oxygens (including phenoxy) is 2. The van der Waals surface area contributed by atoms with E-state index in [1.54, 1.807) is 36.4 Å². The maximum Gasteiger partial charge on any atom is 0.404 e. The lowest BCUT2D eigenvalue weighted by atomic mass is 10.1. The summed E-state index contributed by atoms with van der Waals surface area (Å²) in [6.45, 7) is 32.5. The van der Waals surface area contributed by atoms with Crippen LogP contribution in [0.5, 0.6) is 34.5 Å². The molecule has 0 heterocycles. The van der Waals surface area contributed by atoms with Gasteiger partial charge in [0.1, 0.15) is 46.6 Å². The Morgan fingerprint density at radius 1 is 0.483 bits per heavy atom. The van der Waals surface area contributed by atoms with Crippen molar-refractivity contribution >= 4 is 28.5 Å². The summed E-state index contributed by atoms with van der Waals surface area (Å²) in [7, 11) is -5.78. The van der Waals surface area contributed by atoms with Crippen molar-refractivity contribution in [2.45, 2.75) is 90.8 Å². The molecular weight excluding hydrogens is 785 g/mol. The van der Waals surface area contributed by atoms with Crippen molar-refractivity contribution in [3.05, 3.63) is 154 Å². The zero-order valence-corrected chi connectivity index (χ0v) is 37.4. The Kier molecular flexibility index (Phi) is 14.9. The Morgan fingerprint density at radius 2 is 0.900 bits per heavy atom. The van der Waals surface area contributed by atoms with Crippen molar-refractivity contribution in [2.75, 3.05) is 0 Å². The third kappa shape index (κ3) is 10.6. The molecule has 5 aromatic carbocycles. The first-order chi connectivity index (χ1) is 28.7. The second kappa shape index (κ2) is 20.0. The molecule has 0 fully saturated rings. The number of benzene rings is 5. The van der Waals surface area contributed by atoms with E-state index in [0.717, 1.165) is 11.1 Å². The maximum absolute atomic E-state index is 9.38. The highest BCUT2D eigenvalue weighted by Gasteiger charge is 2.49. The molecule has 0 radical (unpaired) electrons. The number of nitriles is 2. The van der Waals surface area contributed by atoms with Crippen molar-refractivity contribution < 1.29 is 27.2 Å². The predicted molar refractivity (Wildman–Crippen MR) is 237 cm³/mol. The summed E-state index contributed by atoms with van der Waals surface area (Å²) in [6, 6.07) is 36.8. The van der Waals surface area contributed by atoms with Gasteiger partial charge in [0.2, 0.25) is 0 Å². The molecule has 5 rings (SSSR count). The summed E-state index contributed by atoms with van der Waals surface area (Å²) in [4.78, 5) is 6.83. The fourth-order valence-electron chi connectivity index (χ4n) is 7.00. The van der Waals surface area contributed by atoms with Crippen LogP contribution in [-0.2, 0) is 22.1 Å². The molecule has 0 aromatic heterocycles. The molecule has 306 valence electrons. The molecule has 0 saturated carbocycles. The van der Waals surface area contributed by atoms with Gasteiger partial charge in [-0.25, -0.2) is 4.85 Å². The first kappa shape index (κ1) is 44.7. The number of hydrogen-bond donors (Lipinski definition) is 0. The lowest BCUT2D eigenvalue weighted by Gasteiger charge is -2.39. The topological polar surface area (TPSA) is 112 Å². The van der Waals surface area contributed by atoms with Crippen molar-refractivity contribution in [3.63, 3.8) is 0 Å². The summed E-state index contributed by atoms with van der Waals surface area (Å²) in [5.74, 6) is 3.55. The fraction of sp³-hybridized carbons (Fsp3) is 0.292. The third-order valence-electron chi connectivity index (χ3n) is 10.2. The summed E-state index contributed by atoms with van der Waals surface area (Å²) in [5, 5.41) is 18.6. The normalized spacial score (nSPS) is 11.5. The average Bonchev–Trinajstić information content (AvgIpc) is 3.24. The van der Waals surface area contributed by atoms with E-state index in [9.17, 15) is 10.5 Å². The summed E-state index contributed by atoms with van der Waals surface area (Å²) >= 11 is 0. The molecule has 0 aliphatic carbocycles. The molecule has 0 N–H and O–H groups in total. The molecule has 12 heteroatoms. The van der Waals surface area contributed by atoms with Crippen molar-refractivity contribution in [1.82, 2.24) is 0 Å². The van der Waals surface area contributed by atoms with E-state index in [4.69, 9.17) is 40.3 Å². The van der Waals surface area contributed by atoms with Gasteiger partial charge in [-0.3, -0.25) is 4.85 Å². The van der Waals surface area contributed by atoms with Crippen molar-refractivity contribution in [2.24, 2.45) is 0 Å². The van der Waals surface area contributed by atoms with Gasteiger partial charge in [-0.05, 0) is 77.9 Å². The Balaban J connectivity index is 1.27. The van der Waals surface area contributed by atoms with E-state index in [-0.39, 0.29) is 33.4 Å². The molecule has 0 unspecified atom stereocenters. The Morgan fingerprint density at radius 3 is 1.32 bits per heavy atom. The highest BCUT2D eigenvalue weighted by molar-refractivity contribution is 6.71. The predicted octanol–water partition coefficient (Wildman–Crippen LogP) is 13.8. The second-order valence-corrected chi connectivity index (χ2v) is 24.1. The van der Waals surface area contributed by atoms with Gasteiger partial charge in [0, 0.05) is 28.2 Å². The quantitative estimate of drug-likeness (QED) is 0.0634. The van der Waals surface area contributed by atoms with Gasteiger partial charge >= 0.3 is 17.1 Å². The van der Waals surface area contributed by atoms with E-state index < -0.39 is 17.1 Å². The zero-order valence-electron chi connectivity index (χ0n) is 35.4. The lowest BCUT2D eigenvalue weighted by molar-refractivity contribution is 0.206. The fourth-order valence-corrected chi connectivity index (χ4v) is 13.8. The molecule has 0 aliphatic heterocycles. The summed E-state index contributed by atoms with van der Waals surface area (Å²) in [5.41, 5.74) is 3.55. The molecule has 0 bridgehead atoms. The van der Waals surface area contributed by atoms with Crippen LogP contribution in [0.15, 0.2) is 109 Å². The van der Waals surface area contributed by atoms with Crippen LogP contribution >= 0.6 is 0 Å². The molecule has 0 amide bonds. The molecule has 0 atom stereocenters. The van der Waals surface area contributed by atoms with Gasteiger partial charge in [-0.2, -0.15) is 10.5 Å². The highest BCUT2D eigenvalue weighted by Crippen LogP contribution is 2.41. The van der Waals surface area contributed by atoms with Gasteiger partial charge in [-0.1, -0.05) is 91.8 Å². The van der Waals surface area contributed by atoms with Crippen molar-refractivity contribution in [3.8, 4) is 46.6 Å². The Labute approximate surface area is 356 Å². The van der Waals surface area contributed by atoms with E-state index in [1.165, 1.54) is 0 Å². The first-order valence-electron chi connectivity index (χ1n) is 19.9. The van der Waals surface area contributed by atoms with Crippen LogP contribution in [0.25, 0.3) is 9.69 Å². The van der Waals surface area contributed by atoms with Crippen LogP contribution in [0.4, 0.5) is 11.4 Å². The molecule has 60 heavy (non-hydrogen) atoms. The molecule has 0 saturated heterocycles. The van der Waals surface area contributed by atoms with Crippen LogP contribution < -0.4 is 18.3 Å². The largest absolute Gasteiger partial charge is 0.520 e. The third-order valence-corrected chi connectivity index (χ3v) is 19.0. The van der Waals surface area contributed by atoms with Gasteiger partial charge in [0.05, 0.1) is 37.5 Å². The van der Waals surface area contributed by atoms with Gasteiger partial charge in [0.25, 0.3) is 0 Å². The molecule has 5 aromatic rings. The van der Waals surface area contributed by atoms with Crippen LogP contribution in [-0.4, -0.2) is 17.1 Å². The van der Waals surface area contributed by atoms with E-state index in [1.807, 2.05) is 84.9 Å². The van der Waals surface area contributed by atoms with E-state index >= 15 is 0 Å². The number of hydrogen-bond acceptors (Lipinski definition) is 8. The van der Waals surface area contributed by atoms with Gasteiger partial charge in [-0.15, -0.1) is 0 Å². The van der Waals surface area contributed by atoms with Gasteiger partial charge < -0.3 is 27.2 Å². The molecule has 10 nitrogen and oxygen atoms in total. The first-order valence-corrected chi connectivity index (χ1v) is 23.8. The van der Waals surface area contributed by atoms with E-state index in [2.05, 4.69) is 65.1 Å². The van der Waals surface area contributed by atoms with Crippen LogP contribution in [0.1, 0.15) is 77.6 Å². The maximum atomic E-state index is 9.38. The standard InChI is InChI=1S/C48H50N4O6Si2/c1-33(2)59(34(3)4,53-31-37-14-19-41(20-15-37)55-43-23-18-39(29-49)40(26-43)30-50)57-45-12-11-13-46(27-45)58-60(35(5)6,36(7)8)54-32-38-16-21-42(22-17-38)56-44-24-25-47(51-9)48(28-44)52-10/h11-28,33-36H,31-32H2,1-8H3. The minimum absolute atomic E-state index is 0.122. The smallest absolute Gasteiger partial charge is 0.404 e. The van der Waals surface area contributed by atoms with Crippen LogP contribution in [0.2, 0.25) is 22.2 Å². The van der Waals surface area contributed by atoms with Crippen LogP contribution in [0.3, 0.4) is 0 Å². The summed E-state index contributed by atoms with van der Waals surface area (Å²) < 4.78 is 39.6. The van der Waals surface area contributed by atoms with Gasteiger partial charge in [0.15, 0.2) is 11.4 Å². The lowest BCUT2D eigenvalue weighted by Crippen LogP contribution is -2.51. The van der Waals surface area contributed by atoms with E-state index in [0.29, 0.717) is 59.0 Å². The minimum atomic E-state index is -2.89. The summed E-state index contributed by atoms with van der Waals surface area (Å²) in [6.07, 6.45) is 0. The number of rotatable bonds is 18.